The average molecular weight is 464 g/mol. The lowest BCUT2D eigenvalue weighted by atomic mass is 9.80. The molecular weight excluding hydrogens is 434 g/mol. The standard InChI is InChI=1S/C20H30BrN7O/c1-11-6-8-13(9-7-11)10-28-15-17(23-12(2)14-4-3-5-14)24-19(16(22)27-29)25-18(15)26-20(28)21/h11-14,29H,3-10H2,1-2H3,(H2,22,27)(H,23,24,25)/t11?,12-,13?/m1/s1. The van der Waals surface area contributed by atoms with Gasteiger partial charge in [-0.25, -0.2) is 15.0 Å². The van der Waals surface area contributed by atoms with Crippen LogP contribution < -0.4 is 11.1 Å². The number of rotatable bonds is 6. The zero-order chi connectivity index (χ0) is 20.5. The lowest BCUT2D eigenvalue weighted by molar-refractivity contribution is 0.265. The zero-order valence-corrected chi connectivity index (χ0v) is 18.7. The molecule has 0 unspecified atom stereocenters. The van der Waals surface area contributed by atoms with Gasteiger partial charge in [0, 0.05) is 12.6 Å². The van der Waals surface area contributed by atoms with Crippen LogP contribution in [0.25, 0.3) is 11.2 Å². The summed E-state index contributed by atoms with van der Waals surface area (Å²) in [5.74, 6) is 2.87. The van der Waals surface area contributed by atoms with Gasteiger partial charge in [0.1, 0.15) is 5.52 Å². The van der Waals surface area contributed by atoms with Gasteiger partial charge in [0.15, 0.2) is 16.2 Å². The summed E-state index contributed by atoms with van der Waals surface area (Å²) >= 11 is 3.63. The summed E-state index contributed by atoms with van der Waals surface area (Å²) < 4.78 is 2.93. The van der Waals surface area contributed by atoms with Gasteiger partial charge in [-0.15, -0.1) is 0 Å². The molecule has 2 fully saturated rings. The molecule has 0 saturated heterocycles. The van der Waals surface area contributed by atoms with Gasteiger partial charge in [-0.2, -0.15) is 0 Å². The van der Waals surface area contributed by atoms with Gasteiger partial charge in [-0.3, -0.25) is 0 Å². The molecule has 0 amide bonds. The molecule has 158 valence electrons. The Bertz CT molecular complexity index is 900. The molecule has 2 aliphatic carbocycles. The molecule has 8 nitrogen and oxygen atoms in total. The van der Waals surface area contributed by atoms with Crippen LogP contribution in [-0.4, -0.2) is 36.6 Å². The Labute approximate surface area is 179 Å². The van der Waals surface area contributed by atoms with Crippen molar-refractivity contribution < 1.29 is 5.21 Å². The van der Waals surface area contributed by atoms with Crippen LogP contribution in [0.5, 0.6) is 0 Å². The summed E-state index contributed by atoms with van der Waals surface area (Å²) in [5.41, 5.74) is 7.23. The third-order valence-electron chi connectivity index (χ3n) is 6.69. The van der Waals surface area contributed by atoms with E-state index < -0.39 is 0 Å². The second-order valence-electron chi connectivity index (χ2n) is 8.79. The second-order valence-corrected chi connectivity index (χ2v) is 9.50. The molecule has 2 aliphatic rings. The van der Waals surface area contributed by atoms with Crippen molar-refractivity contribution in [3.05, 3.63) is 10.6 Å². The molecule has 0 bridgehead atoms. The molecule has 2 heterocycles. The van der Waals surface area contributed by atoms with E-state index in [-0.39, 0.29) is 11.7 Å². The predicted molar refractivity (Wildman–Crippen MR) is 117 cm³/mol. The van der Waals surface area contributed by atoms with Crippen LogP contribution in [-0.2, 0) is 6.54 Å². The third-order valence-corrected chi connectivity index (χ3v) is 7.30. The van der Waals surface area contributed by atoms with Gasteiger partial charge in [-0.1, -0.05) is 31.3 Å². The van der Waals surface area contributed by atoms with E-state index in [1.165, 1.54) is 44.9 Å². The maximum atomic E-state index is 9.09. The van der Waals surface area contributed by atoms with Crippen molar-refractivity contribution in [3.8, 4) is 0 Å². The van der Waals surface area contributed by atoms with E-state index in [4.69, 9.17) is 10.9 Å². The summed E-state index contributed by atoms with van der Waals surface area (Å²) in [6, 6.07) is 0.291. The van der Waals surface area contributed by atoms with Crippen molar-refractivity contribution in [2.45, 2.75) is 71.4 Å². The Balaban J connectivity index is 1.71. The van der Waals surface area contributed by atoms with Crippen LogP contribution in [0.15, 0.2) is 9.89 Å². The highest BCUT2D eigenvalue weighted by Gasteiger charge is 2.27. The highest BCUT2D eigenvalue weighted by molar-refractivity contribution is 9.10. The molecule has 0 aromatic carbocycles. The van der Waals surface area contributed by atoms with Crippen molar-refractivity contribution in [2.24, 2.45) is 28.6 Å². The van der Waals surface area contributed by atoms with E-state index in [9.17, 15) is 0 Å². The summed E-state index contributed by atoms with van der Waals surface area (Å²) in [6.45, 7) is 5.42. The number of fused-ring (bicyclic) bond motifs is 1. The largest absolute Gasteiger partial charge is 0.409 e. The van der Waals surface area contributed by atoms with E-state index >= 15 is 0 Å². The molecule has 4 rings (SSSR count). The molecule has 29 heavy (non-hydrogen) atoms. The van der Waals surface area contributed by atoms with Crippen molar-refractivity contribution in [2.75, 3.05) is 5.32 Å². The molecule has 2 aromatic rings. The molecular formula is C20H30BrN7O. The first-order valence-corrected chi connectivity index (χ1v) is 11.4. The number of oxime groups is 1. The monoisotopic (exact) mass is 463 g/mol. The minimum Gasteiger partial charge on any atom is -0.409 e. The number of aromatic nitrogens is 4. The number of anilines is 1. The van der Waals surface area contributed by atoms with Crippen molar-refractivity contribution in [1.29, 1.82) is 0 Å². The number of nitrogens with one attached hydrogen (secondary N) is 1. The SMILES string of the molecule is CC1CCC(Cn2c(Br)nc3nc(/C(N)=N\O)nc(N[C@H](C)C4CCC4)c32)CC1. The van der Waals surface area contributed by atoms with E-state index in [1.54, 1.807) is 0 Å². The Morgan fingerprint density at radius 1 is 1.24 bits per heavy atom. The number of nitrogens with zero attached hydrogens (tertiary/aromatic N) is 5. The lowest BCUT2D eigenvalue weighted by Crippen LogP contribution is -2.32. The average Bonchev–Trinajstić information content (AvgIpc) is 2.96. The molecule has 0 aliphatic heterocycles. The maximum absolute atomic E-state index is 9.09. The molecule has 2 aromatic heterocycles. The van der Waals surface area contributed by atoms with Crippen molar-refractivity contribution >= 4 is 38.7 Å². The van der Waals surface area contributed by atoms with Gasteiger partial charge < -0.3 is 20.8 Å². The highest BCUT2D eigenvalue weighted by Crippen LogP contribution is 2.35. The summed E-state index contributed by atoms with van der Waals surface area (Å²) in [4.78, 5) is 13.7. The predicted octanol–water partition coefficient (Wildman–Crippen LogP) is 4.11. The lowest BCUT2D eigenvalue weighted by Gasteiger charge is -2.32. The van der Waals surface area contributed by atoms with E-state index in [2.05, 4.69) is 59.8 Å². The van der Waals surface area contributed by atoms with Crippen LogP contribution >= 0.6 is 15.9 Å². The number of hydrogen-bond acceptors (Lipinski definition) is 6. The topological polar surface area (TPSA) is 114 Å². The number of hydrogen-bond donors (Lipinski definition) is 3. The quantitative estimate of drug-likeness (QED) is 0.195. The molecule has 0 radical (unpaired) electrons. The van der Waals surface area contributed by atoms with Crippen LogP contribution in [0.3, 0.4) is 0 Å². The minimum absolute atomic E-state index is 0.113. The first-order chi connectivity index (χ1) is 14.0. The van der Waals surface area contributed by atoms with Gasteiger partial charge >= 0.3 is 0 Å². The fourth-order valence-corrected chi connectivity index (χ4v) is 4.97. The molecule has 9 heteroatoms. The number of halogens is 1. The van der Waals surface area contributed by atoms with E-state index in [0.29, 0.717) is 29.3 Å². The van der Waals surface area contributed by atoms with Crippen LogP contribution in [0.2, 0.25) is 0 Å². The first kappa shape index (κ1) is 20.4. The molecule has 1 atom stereocenters. The van der Waals surface area contributed by atoms with Gasteiger partial charge in [0.05, 0.1) is 0 Å². The normalized spacial score (nSPS) is 24.4. The van der Waals surface area contributed by atoms with Gasteiger partial charge in [0.25, 0.3) is 0 Å². The maximum Gasteiger partial charge on any atom is 0.208 e. The Hall–Kier alpha value is -1.90. The molecule has 2 saturated carbocycles. The highest BCUT2D eigenvalue weighted by atomic mass is 79.9. The van der Waals surface area contributed by atoms with Crippen molar-refractivity contribution in [3.63, 3.8) is 0 Å². The first-order valence-electron chi connectivity index (χ1n) is 10.6. The summed E-state index contributed by atoms with van der Waals surface area (Å²) in [5, 5.41) is 15.7. The molecule has 4 N–H and O–H groups in total. The summed E-state index contributed by atoms with van der Waals surface area (Å²) in [6.07, 6.45) is 8.78. The smallest absolute Gasteiger partial charge is 0.208 e. The van der Waals surface area contributed by atoms with E-state index in [0.717, 1.165) is 22.7 Å². The number of imidazole rings is 1. The van der Waals surface area contributed by atoms with Gasteiger partial charge in [0.2, 0.25) is 11.7 Å². The second kappa shape index (κ2) is 8.45. The fraction of sp³-hybridized carbons (Fsp3) is 0.700. The molecule has 0 spiro atoms. The third kappa shape index (κ3) is 4.20. The zero-order valence-electron chi connectivity index (χ0n) is 17.1. The van der Waals surface area contributed by atoms with E-state index in [1.807, 2.05) is 0 Å². The Morgan fingerprint density at radius 2 is 1.97 bits per heavy atom. The number of amidine groups is 1. The van der Waals surface area contributed by atoms with Crippen LogP contribution in [0, 0.1) is 17.8 Å². The number of nitrogens with two attached hydrogens (primary N) is 1. The van der Waals surface area contributed by atoms with Gasteiger partial charge in [-0.05, 0) is 66.3 Å². The summed E-state index contributed by atoms with van der Waals surface area (Å²) in [7, 11) is 0. The minimum atomic E-state index is -0.113. The Morgan fingerprint density at radius 3 is 2.59 bits per heavy atom. The fourth-order valence-electron chi connectivity index (χ4n) is 4.48. The Kier molecular flexibility index (Phi) is 5.94. The van der Waals surface area contributed by atoms with Crippen LogP contribution in [0.4, 0.5) is 5.82 Å². The van der Waals surface area contributed by atoms with Crippen molar-refractivity contribution in [1.82, 2.24) is 19.5 Å². The van der Waals surface area contributed by atoms with Crippen LogP contribution in [0.1, 0.15) is 64.6 Å².